The van der Waals surface area contributed by atoms with Crippen molar-refractivity contribution >= 4 is 11.8 Å². The molecule has 8 heteroatoms. The van der Waals surface area contributed by atoms with Gasteiger partial charge >= 0.3 is 0 Å². The van der Waals surface area contributed by atoms with Crippen molar-refractivity contribution in [2.24, 2.45) is 0 Å². The fraction of sp³-hybridized carbons (Fsp3) is 0.370. The van der Waals surface area contributed by atoms with Crippen molar-refractivity contribution in [2.75, 3.05) is 20.8 Å². The summed E-state index contributed by atoms with van der Waals surface area (Å²) in [6.45, 7) is 0.284. The first kappa shape index (κ1) is 24.3. The zero-order valence-corrected chi connectivity index (χ0v) is 20.1. The smallest absolute Gasteiger partial charge is 0.290 e. The fourth-order valence-corrected chi connectivity index (χ4v) is 4.54. The summed E-state index contributed by atoms with van der Waals surface area (Å²) in [5.41, 5.74) is 1.59. The molecule has 35 heavy (non-hydrogen) atoms. The van der Waals surface area contributed by atoms with Crippen LogP contribution in [0.25, 0.3) is 0 Å². The minimum absolute atomic E-state index is 0.119. The molecule has 1 aliphatic rings. The first-order chi connectivity index (χ1) is 17.1. The van der Waals surface area contributed by atoms with Crippen LogP contribution in [0.3, 0.4) is 0 Å². The van der Waals surface area contributed by atoms with Crippen LogP contribution < -0.4 is 14.8 Å². The Hall–Kier alpha value is -3.81. The Bertz CT molecular complexity index is 1110. The molecular formula is C27H31N3O5. The number of hydrogen-bond donors (Lipinski definition) is 1. The molecule has 2 amide bonds. The van der Waals surface area contributed by atoms with Crippen molar-refractivity contribution < 1.29 is 23.5 Å². The summed E-state index contributed by atoms with van der Waals surface area (Å²) in [6.07, 6.45) is 9.33. The third-order valence-corrected chi connectivity index (χ3v) is 6.34. The van der Waals surface area contributed by atoms with Crippen LogP contribution in [0.1, 0.15) is 53.4 Å². The summed E-state index contributed by atoms with van der Waals surface area (Å²) in [5.74, 6) is 0.850. The van der Waals surface area contributed by atoms with Crippen LogP contribution in [0.15, 0.2) is 65.5 Å². The van der Waals surface area contributed by atoms with Crippen LogP contribution in [0, 0.1) is 0 Å². The second kappa shape index (κ2) is 11.6. The third kappa shape index (κ3) is 5.82. The molecule has 1 N–H and O–H groups in total. The van der Waals surface area contributed by atoms with Gasteiger partial charge in [0.1, 0.15) is 6.04 Å². The van der Waals surface area contributed by atoms with Crippen LogP contribution in [-0.4, -0.2) is 48.5 Å². The lowest BCUT2D eigenvalue weighted by Gasteiger charge is -2.31. The summed E-state index contributed by atoms with van der Waals surface area (Å²) in [4.78, 5) is 33.0. The number of methoxy groups -OCH3 is 2. The number of nitrogens with zero attached hydrogens (tertiary/aromatic N) is 2. The minimum Gasteiger partial charge on any atom is -0.493 e. The number of carbonyl (C=O) groups excluding carboxylic acids is 2. The van der Waals surface area contributed by atoms with E-state index in [1.807, 2.05) is 24.3 Å². The summed E-state index contributed by atoms with van der Waals surface area (Å²) in [7, 11) is 3.17. The van der Waals surface area contributed by atoms with Crippen molar-refractivity contribution in [2.45, 2.75) is 44.2 Å². The highest BCUT2D eigenvalue weighted by molar-refractivity contribution is 5.96. The predicted octanol–water partition coefficient (Wildman–Crippen LogP) is 4.18. The van der Waals surface area contributed by atoms with Crippen LogP contribution in [0.2, 0.25) is 0 Å². The standard InChI is InChI=1S/C27H31N3O5/c1-33-22-12-11-19(17-24(22)34-2)13-15-30(27(32)23-10-6-16-35-23)25(20-7-5-14-28-18-20)26(31)29-21-8-3-4-9-21/h5-7,10-12,14,16-18,21,25H,3-4,8-9,13,15H2,1-2H3,(H,29,31). The molecule has 1 unspecified atom stereocenters. The summed E-state index contributed by atoms with van der Waals surface area (Å²) >= 11 is 0. The third-order valence-electron chi connectivity index (χ3n) is 6.34. The number of amides is 2. The molecule has 0 spiro atoms. The Kier molecular flexibility index (Phi) is 8.03. The molecule has 1 fully saturated rings. The maximum absolute atomic E-state index is 13.6. The van der Waals surface area contributed by atoms with E-state index in [2.05, 4.69) is 10.3 Å². The average Bonchev–Trinajstić information content (AvgIpc) is 3.61. The Balaban J connectivity index is 1.65. The highest BCUT2D eigenvalue weighted by atomic mass is 16.5. The zero-order chi connectivity index (χ0) is 24.6. The monoisotopic (exact) mass is 477 g/mol. The van der Waals surface area contributed by atoms with Gasteiger partial charge in [0.05, 0.1) is 20.5 Å². The summed E-state index contributed by atoms with van der Waals surface area (Å²) in [5, 5.41) is 3.16. The van der Waals surface area contributed by atoms with Gasteiger partial charge in [-0.15, -0.1) is 0 Å². The molecule has 0 radical (unpaired) electrons. The first-order valence-electron chi connectivity index (χ1n) is 11.9. The number of rotatable bonds is 10. The quantitative estimate of drug-likeness (QED) is 0.471. The van der Waals surface area contributed by atoms with E-state index in [0.717, 1.165) is 31.2 Å². The molecule has 0 bridgehead atoms. The number of nitrogens with one attached hydrogen (secondary N) is 1. The number of ether oxygens (including phenoxy) is 2. The largest absolute Gasteiger partial charge is 0.493 e. The van der Waals surface area contributed by atoms with Gasteiger partial charge in [-0.2, -0.15) is 0 Å². The number of furan rings is 1. The molecule has 0 aliphatic heterocycles. The fourth-order valence-electron chi connectivity index (χ4n) is 4.54. The van der Waals surface area contributed by atoms with E-state index < -0.39 is 6.04 Å². The van der Waals surface area contributed by atoms with Crippen LogP contribution >= 0.6 is 0 Å². The van der Waals surface area contributed by atoms with Gasteiger partial charge in [0.2, 0.25) is 5.91 Å². The molecule has 184 valence electrons. The zero-order valence-electron chi connectivity index (χ0n) is 20.1. The molecule has 8 nitrogen and oxygen atoms in total. The van der Waals surface area contributed by atoms with Crippen molar-refractivity contribution in [3.05, 3.63) is 78.0 Å². The van der Waals surface area contributed by atoms with Gasteiger partial charge in [0.25, 0.3) is 5.91 Å². The van der Waals surface area contributed by atoms with Gasteiger partial charge in [0, 0.05) is 30.5 Å². The van der Waals surface area contributed by atoms with Gasteiger partial charge in [-0.05, 0) is 55.2 Å². The Labute approximate surface area is 205 Å². The second-order valence-electron chi connectivity index (χ2n) is 8.59. The Morgan fingerprint density at radius 2 is 1.91 bits per heavy atom. The lowest BCUT2D eigenvalue weighted by Crippen LogP contribution is -2.46. The molecule has 1 aliphatic carbocycles. The molecule has 2 heterocycles. The Morgan fingerprint density at radius 1 is 1.11 bits per heavy atom. The van der Waals surface area contributed by atoms with E-state index in [1.165, 1.54) is 6.26 Å². The van der Waals surface area contributed by atoms with Crippen molar-refractivity contribution in [1.29, 1.82) is 0 Å². The van der Waals surface area contributed by atoms with E-state index in [1.54, 1.807) is 49.7 Å². The topological polar surface area (TPSA) is 93.9 Å². The van der Waals surface area contributed by atoms with E-state index in [9.17, 15) is 9.59 Å². The molecule has 1 saturated carbocycles. The number of aromatic nitrogens is 1. The SMILES string of the molecule is COc1ccc(CCN(C(=O)c2ccco2)C(C(=O)NC2CCCC2)c2cccnc2)cc1OC. The summed E-state index contributed by atoms with van der Waals surface area (Å²) < 4.78 is 16.2. The predicted molar refractivity (Wildman–Crippen MR) is 130 cm³/mol. The lowest BCUT2D eigenvalue weighted by atomic mass is 10.0. The van der Waals surface area contributed by atoms with E-state index in [-0.39, 0.29) is 30.2 Å². The highest BCUT2D eigenvalue weighted by Crippen LogP contribution is 2.29. The van der Waals surface area contributed by atoms with Crippen LogP contribution in [0.5, 0.6) is 11.5 Å². The van der Waals surface area contributed by atoms with Crippen molar-refractivity contribution in [3.63, 3.8) is 0 Å². The van der Waals surface area contributed by atoms with E-state index in [4.69, 9.17) is 13.9 Å². The molecular weight excluding hydrogens is 446 g/mol. The molecule has 3 aromatic rings. The van der Waals surface area contributed by atoms with E-state index in [0.29, 0.717) is 23.5 Å². The van der Waals surface area contributed by atoms with Gasteiger partial charge in [-0.25, -0.2) is 0 Å². The van der Waals surface area contributed by atoms with Crippen LogP contribution in [0.4, 0.5) is 0 Å². The maximum Gasteiger partial charge on any atom is 0.290 e. The molecule has 1 aromatic carbocycles. The van der Waals surface area contributed by atoms with Gasteiger partial charge in [0.15, 0.2) is 17.3 Å². The van der Waals surface area contributed by atoms with Gasteiger partial charge < -0.3 is 24.1 Å². The number of carbonyl (C=O) groups is 2. The number of hydrogen-bond acceptors (Lipinski definition) is 6. The van der Waals surface area contributed by atoms with E-state index >= 15 is 0 Å². The molecule has 2 aromatic heterocycles. The average molecular weight is 478 g/mol. The maximum atomic E-state index is 13.6. The van der Waals surface area contributed by atoms with Gasteiger partial charge in [-0.1, -0.05) is 25.0 Å². The van der Waals surface area contributed by atoms with Crippen LogP contribution in [-0.2, 0) is 11.2 Å². The van der Waals surface area contributed by atoms with Crippen molar-refractivity contribution in [1.82, 2.24) is 15.2 Å². The number of benzene rings is 1. The highest BCUT2D eigenvalue weighted by Gasteiger charge is 2.34. The Morgan fingerprint density at radius 3 is 2.57 bits per heavy atom. The molecule has 0 saturated heterocycles. The van der Waals surface area contributed by atoms with Gasteiger partial charge in [-0.3, -0.25) is 14.6 Å². The summed E-state index contributed by atoms with van der Waals surface area (Å²) in [6, 6.07) is 11.8. The molecule has 1 atom stereocenters. The lowest BCUT2D eigenvalue weighted by molar-refractivity contribution is -0.126. The minimum atomic E-state index is -0.845. The van der Waals surface area contributed by atoms with Crippen molar-refractivity contribution in [3.8, 4) is 11.5 Å². The second-order valence-corrected chi connectivity index (χ2v) is 8.59. The normalized spacial score (nSPS) is 14.3. The number of pyridine rings is 1. The molecule has 4 rings (SSSR count). The first-order valence-corrected chi connectivity index (χ1v) is 11.9.